The average molecular weight is 439 g/mol. The lowest BCUT2D eigenvalue weighted by molar-refractivity contribution is 0.0764. The van der Waals surface area contributed by atoms with Gasteiger partial charge in [-0.2, -0.15) is 0 Å². The Hall–Kier alpha value is -3.46. The van der Waals surface area contributed by atoms with E-state index in [1.165, 1.54) is 0 Å². The van der Waals surface area contributed by atoms with Gasteiger partial charge in [0.2, 0.25) is 5.95 Å². The highest BCUT2D eigenvalue weighted by molar-refractivity contribution is 6.04. The van der Waals surface area contributed by atoms with Crippen LogP contribution < -0.4 is 11.1 Å². The summed E-state index contributed by atoms with van der Waals surface area (Å²) in [4.78, 5) is 36.5. The van der Waals surface area contributed by atoms with E-state index in [2.05, 4.69) is 15.3 Å². The minimum atomic E-state index is -0.322. The van der Waals surface area contributed by atoms with E-state index in [0.29, 0.717) is 66.6 Å². The zero-order valence-corrected chi connectivity index (χ0v) is 18.8. The van der Waals surface area contributed by atoms with Gasteiger partial charge < -0.3 is 15.4 Å². The molecule has 0 atom stereocenters. The van der Waals surface area contributed by atoms with Crippen molar-refractivity contribution in [1.29, 1.82) is 0 Å². The number of pyridine rings is 1. The van der Waals surface area contributed by atoms with Crippen LogP contribution in [0.15, 0.2) is 36.5 Å². The smallest absolute Gasteiger partial charge is 0.258 e. The second kappa shape index (κ2) is 10.7. The van der Waals surface area contributed by atoms with Crippen LogP contribution in [-0.2, 0) is 11.3 Å². The summed E-state index contributed by atoms with van der Waals surface area (Å²) in [6.07, 6.45) is 3.16. The summed E-state index contributed by atoms with van der Waals surface area (Å²) in [5.41, 5.74) is 8.36. The van der Waals surface area contributed by atoms with Crippen molar-refractivity contribution in [2.24, 2.45) is 0 Å². The molecular formula is C23H30N6O3. The Morgan fingerprint density at radius 3 is 2.72 bits per heavy atom. The molecule has 0 spiro atoms. The highest BCUT2D eigenvalue weighted by Gasteiger charge is 2.19. The van der Waals surface area contributed by atoms with Crippen LogP contribution in [0.3, 0.4) is 0 Å². The molecule has 32 heavy (non-hydrogen) atoms. The number of amides is 2. The molecule has 3 N–H and O–H groups in total. The maximum atomic E-state index is 12.9. The Bertz CT molecular complexity index is 1090. The number of methoxy groups -OCH3 is 1. The third kappa shape index (κ3) is 5.23. The van der Waals surface area contributed by atoms with Gasteiger partial charge in [0.25, 0.3) is 11.8 Å². The van der Waals surface area contributed by atoms with Crippen LogP contribution in [0.1, 0.15) is 47.4 Å². The van der Waals surface area contributed by atoms with E-state index in [0.717, 1.165) is 6.42 Å². The fraction of sp³-hybridized carbons (Fsp3) is 0.391. The number of hydrogen-bond acceptors (Lipinski definition) is 6. The van der Waals surface area contributed by atoms with Crippen LogP contribution in [0.2, 0.25) is 0 Å². The van der Waals surface area contributed by atoms with E-state index in [4.69, 9.17) is 10.5 Å². The molecule has 2 heterocycles. The molecule has 0 aliphatic carbocycles. The number of nitrogen functional groups attached to an aromatic ring is 1. The maximum absolute atomic E-state index is 12.9. The maximum Gasteiger partial charge on any atom is 0.258 e. The zero-order valence-electron chi connectivity index (χ0n) is 18.8. The number of carbonyl (C=O) groups is 2. The predicted octanol–water partition coefficient (Wildman–Crippen LogP) is 3.17. The van der Waals surface area contributed by atoms with Crippen molar-refractivity contribution in [3.05, 3.63) is 47.7 Å². The first-order valence-electron chi connectivity index (χ1n) is 10.8. The number of fused-ring (bicyclic) bond motifs is 1. The van der Waals surface area contributed by atoms with Gasteiger partial charge in [0, 0.05) is 50.8 Å². The van der Waals surface area contributed by atoms with Gasteiger partial charge in [-0.3, -0.25) is 19.5 Å². The monoisotopic (exact) mass is 438 g/mol. The molecular weight excluding hydrogens is 408 g/mol. The molecule has 2 amide bonds. The van der Waals surface area contributed by atoms with Gasteiger partial charge in [0.1, 0.15) is 5.52 Å². The molecule has 2 aromatic heterocycles. The zero-order chi connectivity index (χ0) is 23.1. The fourth-order valence-electron chi connectivity index (χ4n) is 3.51. The van der Waals surface area contributed by atoms with Crippen LogP contribution in [0.5, 0.6) is 0 Å². The number of rotatable bonds is 10. The largest absolute Gasteiger partial charge is 0.399 e. The van der Waals surface area contributed by atoms with Crippen LogP contribution in [0.4, 0.5) is 11.6 Å². The minimum Gasteiger partial charge on any atom is -0.399 e. The molecule has 0 unspecified atom stereocenters. The number of nitrogens with two attached hydrogens (primary N) is 1. The molecule has 0 saturated carbocycles. The number of ether oxygens (including phenoxy) is 1. The number of nitrogens with zero attached hydrogens (tertiary/aromatic N) is 4. The van der Waals surface area contributed by atoms with E-state index in [-0.39, 0.29) is 11.8 Å². The number of nitrogens with one attached hydrogen (secondary N) is 1. The lowest BCUT2D eigenvalue weighted by Gasteiger charge is -2.19. The van der Waals surface area contributed by atoms with Crippen molar-refractivity contribution in [3.63, 3.8) is 0 Å². The molecule has 3 rings (SSSR count). The Balaban J connectivity index is 1.95. The molecule has 0 bridgehead atoms. The van der Waals surface area contributed by atoms with Crippen LogP contribution >= 0.6 is 0 Å². The number of carbonyl (C=O) groups excluding carboxylic acids is 2. The molecule has 170 valence electrons. The number of anilines is 2. The lowest BCUT2D eigenvalue weighted by atomic mass is 10.2. The number of aromatic nitrogens is 3. The van der Waals surface area contributed by atoms with Crippen molar-refractivity contribution < 1.29 is 14.3 Å². The van der Waals surface area contributed by atoms with Gasteiger partial charge in [-0.25, -0.2) is 9.97 Å². The summed E-state index contributed by atoms with van der Waals surface area (Å²) in [6, 6.07) is 8.46. The van der Waals surface area contributed by atoms with Crippen molar-refractivity contribution >= 4 is 34.6 Å². The Morgan fingerprint density at radius 1 is 1.22 bits per heavy atom. The van der Waals surface area contributed by atoms with E-state index >= 15 is 0 Å². The van der Waals surface area contributed by atoms with Gasteiger partial charge in [0.15, 0.2) is 5.65 Å². The van der Waals surface area contributed by atoms with Crippen LogP contribution in [0, 0.1) is 0 Å². The standard InChI is InChI=1S/C23H30N6O3/c1-4-10-28(5-2)22(31)17-14-19-20(25-15-17)29(11-7-12-32-3)23(26-19)27-21(30)16-8-6-9-18(24)13-16/h6,8-9,13-15H,4-5,7,10-12,24H2,1-3H3,(H,26,27,30). The molecule has 1 aromatic carbocycles. The van der Waals surface area contributed by atoms with E-state index in [1.54, 1.807) is 48.5 Å². The van der Waals surface area contributed by atoms with Crippen LogP contribution in [0.25, 0.3) is 11.2 Å². The van der Waals surface area contributed by atoms with Crippen LogP contribution in [-0.4, -0.2) is 58.1 Å². The van der Waals surface area contributed by atoms with Gasteiger partial charge >= 0.3 is 0 Å². The van der Waals surface area contributed by atoms with Gasteiger partial charge in [0.05, 0.1) is 5.56 Å². The summed E-state index contributed by atoms with van der Waals surface area (Å²) in [6.45, 7) is 6.40. The molecule has 0 fully saturated rings. The summed E-state index contributed by atoms with van der Waals surface area (Å²) >= 11 is 0. The average Bonchev–Trinajstić information content (AvgIpc) is 3.13. The van der Waals surface area contributed by atoms with E-state index in [9.17, 15) is 9.59 Å². The first-order chi connectivity index (χ1) is 15.5. The van der Waals surface area contributed by atoms with Crippen molar-refractivity contribution in [3.8, 4) is 0 Å². The molecule has 3 aromatic rings. The minimum absolute atomic E-state index is 0.0805. The summed E-state index contributed by atoms with van der Waals surface area (Å²) in [7, 11) is 1.64. The highest BCUT2D eigenvalue weighted by atomic mass is 16.5. The quantitative estimate of drug-likeness (QED) is 0.371. The van der Waals surface area contributed by atoms with Gasteiger partial charge in [-0.05, 0) is 44.0 Å². The molecule has 0 aliphatic heterocycles. The Morgan fingerprint density at radius 2 is 2.03 bits per heavy atom. The third-order valence-electron chi connectivity index (χ3n) is 5.10. The number of aryl methyl sites for hydroxylation is 1. The molecule has 0 saturated heterocycles. The highest BCUT2D eigenvalue weighted by Crippen LogP contribution is 2.21. The topological polar surface area (TPSA) is 115 Å². The van der Waals surface area contributed by atoms with Gasteiger partial charge in [-0.1, -0.05) is 13.0 Å². The van der Waals surface area contributed by atoms with Crippen molar-refractivity contribution in [2.75, 3.05) is 37.9 Å². The second-order valence-corrected chi connectivity index (χ2v) is 7.46. The number of hydrogen-bond donors (Lipinski definition) is 2. The lowest BCUT2D eigenvalue weighted by Crippen LogP contribution is -2.31. The number of imidazole rings is 1. The second-order valence-electron chi connectivity index (χ2n) is 7.46. The van der Waals surface area contributed by atoms with Crippen molar-refractivity contribution in [1.82, 2.24) is 19.4 Å². The van der Waals surface area contributed by atoms with Gasteiger partial charge in [-0.15, -0.1) is 0 Å². The number of benzene rings is 1. The predicted molar refractivity (Wildman–Crippen MR) is 125 cm³/mol. The fourth-order valence-corrected chi connectivity index (χ4v) is 3.51. The first-order valence-corrected chi connectivity index (χ1v) is 10.8. The molecule has 0 aliphatic rings. The Labute approximate surface area is 187 Å². The molecule has 9 nitrogen and oxygen atoms in total. The SMILES string of the molecule is CCCN(CC)C(=O)c1cnc2c(c1)nc(NC(=O)c1cccc(N)c1)n2CCCOC. The third-order valence-corrected chi connectivity index (χ3v) is 5.10. The van der Waals surface area contributed by atoms with Crippen molar-refractivity contribution in [2.45, 2.75) is 33.2 Å². The summed E-state index contributed by atoms with van der Waals surface area (Å²) in [5.74, 6) is -0.0402. The normalized spacial score (nSPS) is 11.0. The Kier molecular flexibility index (Phi) is 7.77. The first kappa shape index (κ1) is 23.2. The summed E-state index contributed by atoms with van der Waals surface area (Å²) in [5, 5.41) is 2.85. The molecule has 0 radical (unpaired) electrons. The van der Waals surface area contributed by atoms with E-state index in [1.807, 2.05) is 18.4 Å². The summed E-state index contributed by atoms with van der Waals surface area (Å²) < 4.78 is 6.99. The molecule has 9 heteroatoms. The van der Waals surface area contributed by atoms with E-state index < -0.39 is 0 Å².